The first-order chi connectivity index (χ1) is 4.30. The van der Waals surface area contributed by atoms with Crippen molar-refractivity contribution < 1.29 is 17.0 Å². The quantitative estimate of drug-likeness (QED) is 0.428. The third-order valence-electron chi connectivity index (χ3n) is 1.17. The summed E-state index contributed by atoms with van der Waals surface area (Å²) in [6.45, 7) is 5.77. The first-order valence-electron chi connectivity index (χ1n) is 2.93. The smallest absolute Gasteiger partial charge is 1.00 e. The van der Waals surface area contributed by atoms with E-state index >= 15 is 0 Å². The van der Waals surface area contributed by atoms with Crippen molar-refractivity contribution in [1.29, 1.82) is 0 Å². The third-order valence-corrected chi connectivity index (χ3v) is 1.17. The first kappa shape index (κ1) is 13.8. The van der Waals surface area contributed by atoms with E-state index in [1.165, 1.54) is 0 Å². The number of rotatable bonds is 1. The van der Waals surface area contributed by atoms with Crippen molar-refractivity contribution in [2.45, 2.75) is 6.92 Å². The molecule has 0 fully saturated rings. The largest absolute Gasteiger partial charge is 2.00 e. The van der Waals surface area contributed by atoms with Crippen LogP contribution in [0.5, 0.6) is 0 Å². The van der Waals surface area contributed by atoms with Gasteiger partial charge in [-0.3, -0.25) is 0 Å². The number of hydrogen-bond donors (Lipinski definition) is 0. The summed E-state index contributed by atoms with van der Waals surface area (Å²) in [5, 5.41) is 0. The van der Waals surface area contributed by atoms with Crippen LogP contribution in [0, 0.1) is 6.07 Å². The van der Waals surface area contributed by atoms with Gasteiger partial charge in [-0.05, 0) is 0 Å². The fourth-order valence-electron chi connectivity index (χ4n) is 0.659. The van der Waals surface area contributed by atoms with E-state index in [9.17, 15) is 0 Å². The van der Waals surface area contributed by atoms with Crippen LogP contribution in [0.2, 0.25) is 0 Å². The molecule has 0 saturated heterocycles. The standard InChI is InChI=1S/C9H9.BrH.Mg/c1-8(2)9-6-4-3-5-7-9;;/h3-6H,1H2,2H3;1H;/q-1;;+2/p-1. The minimum atomic E-state index is 0. The summed E-state index contributed by atoms with van der Waals surface area (Å²) < 4.78 is 0. The van der Waals surface area contributed by atoms with E-state index in [1.54, 1.807) is 0 Å². The van der Waals surface area contributed by atoms with Gasteiger partial charge in [0.1, 0.15) is 0 Å². The van der Waals surface area contributed by atoms with E-state index in [1.807, 2.05) is 31.2 Å². The van der Waals surface area contributed by atoms with Gasteiger partial charge in [0.15, 0.2) is 0 Å². The second kappa shape index (κ2) is 6.89. The zero-order chi connectivity index (χ0) is 6.69. The molecule has 0 heterocycles. The van der Waals surface area contributed by atoms with Crippen LogP contribution in [0.3, 0.4) is 0 Å². The number of halogens is 1. The maximum atomic E-state index is 3.79. The summed E-state index contributed by atoms with van der Waals surface area (Å²) in [7, 11) is 0. The van der Waals surface area contributed by atoms with E-state index < -0.39 is 0 Å². The summed E-state index contributed by atoms with van der Waals surface area (Å²) in [4.78, 5) is 0. The average molecular weight is 221 g/mol. The van der Waals surface area contributed by atoms with E-state index in [0.717, 1.165) is 11.1 Å². The Kier molecular flexibility index (Phi) is 8.62. The summed E-state index contributed by atoms with van der Waals surface area (Å²) >= 11 is 0. The maximum absolute atomic E-state index is 3.79. The zero-order valence-electron chi connectivity index (χ0n) is 6.60. The molecule has 0 unspecified atom stereocenters. The van der Waals surface area contributed by atoms with Crippen molar-refractivity contribution in [1.82, 2.24) is 0 Å². The molecule has 2 heteroatoms. The van der Waals surface area contributed by atoms with Crippen LogP contribution in [0.25, 0.3) is 5.57 Å². The predicted octanol–water partition coefficient (Wildman–Crippen LogP) is -0.857. The number of benzene rings is 1. The zero-order valence-corrected chi connectivity index (χ0v) is 9.60. The molecule has 0 aliphatic carbocycles. The molecule has 0 spiro atoms. The van der Waals surface area contributed by atoms with E-state index in [4.69, 9.17) is 0 Å². The molecule has 0 nitrogen and oxygen atoms in total. The first-order valence-corrected chi connectivity index (χ1v) is 2.93. The number of hydrogen-bond acceptors (Lipinski definition) is 0. The molecule has 0 amide bonds. The van der Waals surface area contributed by atoms with Crippen molar-refractivity contribution in [3.8, 4) is 0 Å². The topological polar surface area (TPSA) is 0 Å². The van der Waals surface area contributed by atoms with Gasteiger partial charge in [-0.1, -0.05) is 6.92 Å². The van der Waals surface area contributed by atoms with Gasteiger partial charge in [-0.15, -0.1) is 48.0 Å². The van der Waals surface area contributed by atoms with Crippen LogP contribution in [0.1, 0.15) is 12.5 Å². The number of allylic oxidation sites excluding steroid dienone is 1. The SMILES string of the molecule is C=C(C)c1[c-]cccc1.[Br-].[Mg+2]. The second-order valence-corrected chi connectivity index (χ2v) is 2.06. The molecular formula is C9H9BrMg. The molecule has 0 aliphatic rings. The van der Waals surface area contributed by atoms with E-state index in [0.29, 0.717) is 0 Å². The van der Waals surface area contributed by atoms with Crippen LogP contribution in [0.15, 0.2) is 30.8 Å². The van der Waals surface area contributed by atoms with E-state index in [2.05, 4.69) is 12.6 Å². The van der Waals surface area contributed by atoms with Gasteiger partial charge in [0.2, 0.25) is 0 Å². The van der Waals surface area contributed by atoms with Gasteiger partial charge in [0.05, 0.1) is 0 Å². The van der Waals surface area contributed by atoms with Crippen LogP contribution in [0.4, 0.5) is 0 Å². The van der Waals surface area contributed by atoms with Crippen molar-refractivity contribution >= 4 is 28.6 Å². The van der Waals surface area contributed by atoms with Crippen LogP contribution in [-0.2, 0) is 0 Å². The third kappa shape index (κ3) is 4.61. The van der Waals surface area contributed by atoms with Gasteiger partial charge < -0.3 is 17.0 Å². The average Bonchev–Trinajstić information content (AvgIpc) is 1.90. The summed E-state index contributed by atoms with van der Waals surface area (Å²) in [5.41, 5.74) is 2.16. The molecule has 0 radical (unpaired) electrons. The minimum absolute atomic E-state index is 0. The predicted molar refractivity (Wildman–Crippen MR) is 45.7 cm³/mol. The Morgan fingerprint density at radius 2 is 2.09 bits per heavy atom. The summed E-state index contributed by atoms with van der Waals surface area (Å²) in [6, 6.07) is 10.9. The van der Waals surface area contributed by atoms with Crippen LogP contribution in [-0.4, -0.2) is 23.1 Å². The van der Waals surface area contributed by atoms with Gasteiger partial charge >= 0.3 is 23.1 Å². The molecule has 11 heavy (non-hydrogen) atoms. The molecule has 54 valence electrons. The molecule has 0 aliphatic heterocycles. The van der Waals surface area contributed by atoms with Crippen LogP contribution >= 0.6 is 0 Å². The van der Waals surface area contributed by atoms with Gasteiger partial charge in [-0.2, -0.15) is 0 Å². The molecule has 1 aromatic rings. The van der Waals surface area contributed by atoms with Crippen LogP contribution < -0.4 is 17.0 Å². The van der Waals surface area contributed by atoms with Gasteiger partial charge in [0, 0.05) is 0 Å². The molecule has 0 N–H and O–H groups in total. The van der Waals surface area contributed by atoms with Gasteiger partial charge in [-0.25, -0.2) is 0 Å². The van der Waals surface area contributed by atoms with Crippen molar-refractivity contribution in [3.05, 3.63) is 42.5 Å². The Morgan fingerprint density at radius 3 is 2.36 bits per heavy atom. The van der Waals surface area contributed by atoms with Crippen molar-refractivity contribution in [2.24, 2.45) is 0 Å². The molecule has 0 saturated carbocycles. The minimum Gasteiger partial charge on any atom is -1.00 e. The fraction of sp³-hybridized carbons (Fsp3) is 0.111. The Bertz CT molecular complexity index is 206. The molecule has 0 aromatic heterocycles. The normalized spacial score (nSPS) is 7.36. The second-order valence-electron chi connectivity index (χ2n) is 2.06. The van der Waals surface area contributed by atoms with Crippen molar-refractivity contribution in [2.75, 3.05) is 0 Å². The fourth-order valence-corrected chi connectivity index (χ4v) is 0.659. The van der Waals surface area contributed by atoms with Crippen molar-refractivity contribution in [3.63, 3.8) is 0 Å². The maximum Gasteiger partial charge on any atom is 2.00 e. The molecule has 0 atom stereocenters. The molecular weight excluding hydrogens is 212 g/mol. The Labute approximate surface area is 94.6 Å². The monoisotopic (exact) mass is 220 g/mol. The Balaban J connectivity index is 0. The summed E-state index contributed by atoms with van der Waals surface area (Å²) in [6.07, 6.45) is 0. The Morgan fingerprint density at radius 1 is 1.45 bits per heavy atom. The van der Waals surface area contributed by atoms with E-state index in [-0.39, 0.29) is 40.0 Å². The molecule has 1 rings (SSSR count). The Hall–Kier alpha value is 0.206. The molecule has 0 bridgehead atoms. The summed E-state index contributed by atoms with van der Waals surface area (Å²) in [5.74, 6) is 0. The van der Waals surface area contributed by atoms with Gasteiger partial charge in [0.25, 0.3) is 0 Å². The molecule has 1 aromatic carbocycles.